The summed E-state index contributed by atoms with van der Waals surface area (Å²) in [5.41, 5.74) is 5.42. The van der Waals surface area contributed by atoms with Gasteiger partial charge in [0.05, 0.1) is 18.9 Å². The fourth-order valence-electron chi connectivity index (χ4n) is 1.58. The molecule has 3 N–H and O–H groups in total. The van der Waals surface area contributed by atoms with Crippen LogP contribution in [0.5, 0.6) is 5.75 Å². The van der Waals surface area contributed by atoms with Gasteiger partial charge in [-0.15, -0.1) is 0 Å². The Bertz CT molecular complexity index is 280. The molecule has 1 unspecified atom stereocenters. The molecule has 2 rings (SSSR count). The molecule has 1 fully saturated rings. The molecule has 0 aliphatic carbocycles. The lowest BCUT2D eigenvalue weighted by Gasteiger charge is -2.09. The predicted molar refractivity (Wildman–Crippen MR) is 53.2 cm³/mol. The summed E-state index contributed by atoms with van der Waals surface area (Å²) in [5.74, 6) is 0.840. The van der Waals surface area contributed by atoms with Crippen LogP contribution in [0, 0.1) is 0 Å². The third kappa shape index (κ3) is 2.24. The normalized spacial score (nSPS) is 21.4. The molecule has 5 heteroatoms. The number of hydrogen-bond donors (Lipinski definition) is 2. The molecule has 1 aliphatic rings. The maximum Gasteiger partial charge on any atom is 0.157 e. The second-order valence-corrected chi connectivity index (χ2v) is 3.46. The van der Waals surface area contributed by atoms with E-state index >= 15 is 0 Å². The molecule has 1 aliphatic heterocycles. The van der Waals surface area contributed by atoms with Gasteiger partial charge in [0, 0.05) is 13.1 Å². The van der Waals surface area contributed by atoms with Gasteiger partial charge in [-0.2, -0.15) is 5.10 Å². The van der Waals surface area contributed by atoms with E-state index in [-0.39, 0.29) is 0 Å². The topological polar surface area (TPSA) is 65.1 Å². The summed E-state index contributed by atoms with van der Waals surface area (Å²) in [4.78, 5) is 0. The minimum Gasteiger partial charge on any atom is -0.486 e. The summed E-state index contributed by atoms with van der Waals surface area (Å²) in [6.07, 6.45) is 5.01. The zero-order valence-electron chi connectivity index (χ0n) is 8.15. The number of hydrogen-bond acceptors (Lipinski definition) is 4. The third-order valence-electron chi connectivity index (χ3n) is 2.29. The number of nitrogens with one attached hydrogen (secondary N) is 1. The molecule has 0 amide bonds. The highest BCUT2D eigenvalue weighted by Gasteiger charge is 2.16. The minimum atomic E-state index is 0.297. The van der Waals surface area contributed by atoms with Gasteiger partial charge < -0.3 is 15.8 Å². The highest BCUT2D eigenvalue weighted by Crippen LogP contribution is 2.13. The van der Waals surface area contributed by atoms with Crippen LogP contribution in [0.2, 0.25) is 0 Å². The van der Waals surface area contributed by atoms with Gasteiger partial charge in [-0.1, -0.05) is 0 Å². The van der Waals surface area contributed by atoms with Crippen molar-refractivity contribution < 1.29 is 4.74 Å². The second kappa shape index (κ2) is 4.43. The van der Waals surface area contributed by atoms with Crippen molar-refractivity contribution in [2.75, 3.05) is 19.6 Å². The van der Waals surface area contributed by atoms with Crippen LogP contribution in [0.4, 0.5) is 0 Å². The monoisotopic (exact) mass is 196 g/mol. The van der Waals surface area contributed by atoms with Crippen LogP contribution in [-0.2, 0) is 6.54 Å². The van der Waals surface area contributed by atoms with Gasteiger partial charge >= 0.3 is 0 Å². The first-order valence-electron chi connectivity index (χ1n) is 4.98. The van der Waals surface area contributed by atoms with Gasteiger partial charge in [0.15, 0.2) is 5.75 Å². The summed E-state index contributed by atoms with van der Waals surface area (Å²) in [6, 6.07) is 0. The van der Waals surface area contributed by atoms with Crippen LogP contribution in [0.3, 0.4) is 0 Å². The van der Waals surface area contributed by atoms with E-state index < -0.39 is 0 Å². The lowest BCUT2D eigenvalue weighted by atomic mass is 10.3. The Kier molecular flexibility index (Phi) is 3.00. The van der Waals surface area contributed by atoms with Crippen LogP contribution < -0.4 is 15.8 Å². The van der Waals surface area contributed by atoms with E-state index in [9.17, 15) is 0 Å². The predicted octanol–water partition coefficient (Wildman–Crippen LogP) is -0.418. The summed E-state index contributed by atoms with van der Waals surface area (Å²) >= 11 is 0. The molecule has 5 nitrogen and oxygen atoms in total. The first-order chi connectivity index (χ1) is 6.88. The molecule has 1 atom stereocenters. The molecule has 0 saturated carbocycles. The summed E-state index contributed by atoms with van der Waals surface area (Å²) in [5, 5.41) is 7.39. The molecule has 0 radical (unpaired) electrons. The molecule has 2 heterocycles. The Morgan fingerprint density at radius 3 is 3.36 bits per heavy atom. The highest BCUT2D eigenvalue weighted by atomic mass is 16.5. The average Bonchev–Trinajstić information content (AvgIpc) is 2.79. The smallest absolute Gasteiger partial charge is 0.157 e. The van der Waals surface area contributed by atoms with Crippen molar-refractivity contribution in [2.45, 2.75) is 19.1 Å². The average molecular weight is 196 g/mol. The van der Waals surface area contributed by atoms with Crippen molar-refractivity contribution in [3.05, 3.63) is 12.4 Å². The zero-order chi connectivity index (χ0) is 9.80. The number of nitrogens with two attached hydrogens (primary N) is 1. The quantitative estimate of drug-likeness (QED) is 0.686. The van der Waals surface area contributed by atoms with Gasteiger partial charge in [-0.3, -0.25) is 4.68 Å². The van der Waals surface area contributed by atoms with E-state index in [0.717, 1.165) is 31.8 Å². The molecule has 1 aromatic rings. The molecule has 1 aromatic heterocycles. The molecule has 14 heavy (non-hydrogen) atoms. The van der Waals surface area contributed by atoms with Crippen LogP contribution in [0.15, 0.2) is 12.4 Å². The Hall–Kier alpha value is -1.07. The third-order valence-corrected chi connectivity index (χ3v) is 2.29. The number of aromatic nitrogens is 2. The van der Waals surface area contributed by atoms with Crippen molar-refractivity contribution in [3.8, 4) is 5.75 Å². The van der Waals surface area contributed by atoms with E-state index in [2.05, 4.69) is 10.4 Å². The van der Waals surface area contributed by atoms with Crippen molar-refractivity contribution >= 4 is 0 Å². The molecule has 1 saturated heterocycles. The van der Waals surface area contributed by atoms with Crippen molar-refractivity contribution in [1.82, 2.24) is 15.1 Å². The van der Waals surface area contributed by atoms with Crippen LogP contribution in [-0.4, -0.2) is 35.5 Å². The van der Waals surface area contributed by atoms with Crippen LogP contribution in [0.1, 0.15) is 6.42 Å². The molecule has 0 bridgehead atoms. The molecule has 0 aromatic carbocycles. The van der Waals surface area contributed by atoms with E-state index in [1.165, 1.54) is 0 Å². The fourth-order valence-corrected chi connectivity index (χ4v) is 1.58. The number of rotatable bonds is 4. The van der Waals surface area contributed by atoms with E-state index in [0.29, 0.717) is 12.6 Å². The Labute approximate surface area is 83.2 Å². The first kappa shape index (κ1) is 9.48. The minimum absolute atomic E-state index is 0.297. The van der Waals surface area contributed by atoms with Crippen LogP contribution in [0.25, 0.3) is 0 Å². The van der Waals surface area contributed by atoms with Crippen molar-refractivity contribution in [1.29, 1.82) is 0 Å². The fraction of sp³-hybridized carbons (Fsp3) is 0.667. The number of ether oxygens (including phenoxy) is 1. The maximum absolute atomic E-state index is 5.72. The van der Waals surface area contributed by atoms with E-state index in [4.69, 9.17) is 10.5 Å². The summed E-state index contributed by atoms with van der Waals surface area (Å²) < 4.78 is 7.52. The van der Waals surface area contributed by atoms with Gasteiger partial charge in [0.1, 0.15) is 6.10 Å². The van der Waals surface area contributed by atoms with E-state index in [1.807, 2.05) is 6.20 Å². The molecular formula is C9H16N4O. The molecular weight excluding hydrogens is 180 g/mol. The lowest BCUT2D eigenvalue weighted by molar-refractivity contribution is 0.223. The Morgan fingerprint density at radius 1 is 1.71 bits per heavy atom. The zero-order valence-corrected chi connectivity index (χ0v) is 8.15. The van der Waals surface area contributed by atoms with Gasteiger partial charge in [-0.05, 0) is 13.0 Å². The Morgan fingerprint density at radius 2 is 2.64 bits per heavy atom. The lowest BCUT2D eigenvalue weighted by Crippen LogP contribution is -2.19. The summed E-state index contributed by atoms with van der Waals surface area (Å²) in [7, 11) is 0. The Balaban J connectivity index is 1.88. The second-order valence-electron chi connectivity index (χ2n) is 3.46. The van der Waals surface area contributed by atoms with Crippen molar-refractivity contribution in [3.63, 3.8) is 0 Å². The highest BCUT2D eigenvalue weighted by molar-refractivity contribution is 5.12. The van der Waals surface area contributed by atoms with Gasteiger partial charge in [-0.25, -0.2) is 0 Å². The van der Waals surface area contributed by atoms with Gasteiger partial charge in [0.25, 0.3) is 0 Å². The largest absolute Gasteiger partial charge is 0.486 e. The summed E-state index contributed by atoms with van der Waals surface area (Å²) in [6.45, 7) is 3.32. The first-order valence-corrected chi connectivity index (χ1v) is 4.98. The maximum atomic E-state index is 5.72. The molecule has 78 valence electrons. The SMILES string of the molecule is NCCn1cc(OC2CCNC2)cn1. The standard InChI is InChI=1S/C9H16N4O/c10-2-4-13-7-9(6-12-13)14-8-1-3-11-5-8/h6-8,11H,1-5,10H2. The van der Waals surface area contributed by atoms with Crippen LogP contribution >= 0.6 is 0 Å². The molecule has 0 spiro atoms. The number of nitrogens with zero attached hydrogens (tertiary/aromatic N) is 2. The van der Waals surface area contributed by atoms with E-state index in [1.54, 1.807) is 10.9 Å². The van der Waals surface area contributed by atoms with Gasteiger partial charge in [0.2, 0.25) is 0 Å². The van der Waals surface area contributed by atoms with Crippen molar-refractivity contribution in [2.24, 2.45) is 5.73 Å².